The first-order chi connectivity index (χ1) is 20.6. The number of amidine groups is 1. The predicted octanol–water partition coefficient (Wildman–Crippen LogP) is 7.08. The molecule has 3 rings (SSSR count). The zero-order valence-electron chi connectivity index (χ0n) is 26.8. The number of methoxy groups -OCH3 is 2. The molecule has 2 aromatic rings. The van der Waals surface area contributed by atoms with Gasteiger partial charge in [0.2, 0.25) is 5.92 Å². The third-order valence-electron chi connectivity index (χ3n) is 7.16. The molecule has 0 unspecified atom stereocenters. The number of esters is 2. The Balaban J connectivity index is 2.02. The summed E-state index contributed by atoms with van der Waals surface area (Å²) >= 11 is 0. The van der Waals surface area contributed by atoms with Crippen LogP contribution in [0, 0.1) is 11.8 Å². The van der Waals surface area contributed by atoms with Crippen LogP contribution in [0.25, 0.3) is 0 Å². The van der Waals surface area contributed by atoms with E-state index in [0.717, 1.165) is 49.8 Å². The van der Waals surface area contributed by atoms with Crippen molar-refractivity contribution in [2.45, 2.75) is 85.5 Å². The summed E-state index contributed by atoms with van der Waals surface area (Å²) in [6.07, 6.45) is 6.24. The van der Waals surface area contributed by atoms with Crippen LogP contribution < -0.4 is 14.2 Å². The Hall–Kier alpha value is -3.75. The van der Waals surface area contributed by atoms with Gasteiger partial charge >= 0.3 is 11.9 Å². The van der Waals surface area contributed by atoms with Crippen LogP contribution in [0.1, 0.15) is 78.7 Å². The number of aliphatic imine (C=N–C) groups is 1. The number of carbonyl (C=O) groups excluding carboxylic acids is 2. The van der Waals surface area contributed by atoms with E-state index in [1.54, 1.807) is 39.2 Å². The summed E-state index contributed by atoms with van der Waals surface area (Å²) in [7, 11) is 3.11. The van der Waals surface area contributed by atoms with Crippen LogP contribution in [0.4, 0.5) is 5.69 Å². The van der Waals surface area contributed by atoms with Gasteiger partial charge in [-0.2, -0.15) is 0 Å². The van der Waals surface area contributed by atoms with E-state index in [1.807, 2.05) is 29.2 Å². The smallest absolute Gasteiger partial charge is 0.331 e. The minimum atomic E-state index is -1.36. The maximum atomic E-state index is 13.4. The Morgan fingerprint density at radius 2 is 1.58 bits per heavy atom. The Labute approximate surface area is 256 Å². The van der Waals surface area contributed by atoms with Crippen LogP contribution in [0.15, 0.2) is 47.5 Å². The van der Waals surface area contributed by atoms with Gasteiger partial charge in [-0.25, -0.2) is 4.99 Å². The molecule has 9 nitrogen and oxygen atoms in total. The molecule has 1 fully saturated rings. The number of carbonyl (C=O) groups is 2. The molecule has 2 aromatic carbocycles. The summed E-state index contributed by atoms with van der Waals surface area (Å²) in [6.45, 7) is 11.2. The number of hydrogen-bond donors (Lipinski definition) is 0. The van der Waals surface area contributed by atoms with Gasteiger partial charge in [0.05, 0.1) is 20.8 Å². The van der Waals surface area contributed by atoms with Crippen molar-refractivity contribution in [3.63, 3.8) is 0 Å². The lowest BCUT2D eigenvalue weighted by Gasteiger charge is -2.36. The average molecular weight is 597 g/mol. The molecule has 0 N–H and O–H groups in total. The lowest BCUT2D eigenvalue weighted by molar-refractivity contribution is -0.236. The molecule has 1 heterocycles. The Bertz CT molecular complexity index is 1200. The van der Waals surface area contributed by atoms with Gasteiger partial charge in [-0.3, -0.25) is 9.59 Å². The number of benzene rings is 2. The van der Waals surface area contributed by atoms with Crippen LogP contribution in [0.3, 0.4) is 0 Å². The zero-order valence-corrected chi connectivity index (χ0v) is 26.8. The Morgan fingerprint density at radius 3 is 2.19 bits per heavy atom. The molecule has 0 saturated carbocycles. The molecule has 0 aromatic heterocycles. The third-order valence-corrected chi connectivity index (χ3v) is 7.16. The Morgan fingerprint density at radius 1 is 0.930 bits per heavy atom. The molecule has 1 aliphatic rings. The SMILES string of the molecule is CCCCCCCN(Cc1ccc(OCCC(C)C)cc1)C(=Nc1ccc(OC)cc1OC)C1C(=O)OC(C)(C)OC1=O. The fourth-order valence-corrected chi connectivity index (χ4v) is 4.75. The van der Waals surface area contributed by atoms with Crippen molar-refractivity contribution < 1.29 is 33.3 Å². The molecular formula is C34H48N2O7. The first-order valence-electron chi connectivity index (χ1n) is 15.3. The highest BCUT2D eigenvalue weighted by molar-refractivity contribution is 6.17. The normalized spacial score (nSPS) is 15.2. The number of nitrogens with zero attached hydrogens (tertiary/aromatic N) is 2. The Kier molecular flexibility index (Phi) is 12.7. The van der Waals surface area contributed by atoms with E-state index in [1.165, 1.54) is 7.11 Å². The van der Waals surface area contributed by atoms with Crippen LogP contribution in [-0.4, -0.2) is 55.8 Å². The summed E-state index contributed by atoms with van der Waals surface area (Å²) in [5, 5.41) is 0. The highest BCUT2D eigenvalue weighted by atomic mass is 16.7. The number of unbranched alkanes of at least 4 members (excludes halogenated alkanes) is 4. The summed E-state index contributed by atoms with van der Waals surface area (Å²) in [5.74, 6) is -1.45. The molecule has 1 saturated heterocycles. The van der Waals surface area contributed by atoms with Crippen molar-refractivity contribution >= 4 is 23.5 Å². The van der Waals surface area contributed by atoms with Crippen LogP contribution in [0.2, 0.25) is 0 Å². The third kappa shape index (κ3) is 10.2. The van der Waals surface area contributed by atoms with E-state index >= 15 is 0 Å². The molecule has 0 aliphatic carbocycles. The molecule has 0 bridgehead atoms. The average Bonchev–Trinajstić information content (AvgIpc) is 2.95. The fraction of sp³-hybridized carbons (Fsp3) is 0.559. The van der Waals surface area contributed by atoms with Gasteiger partial charge in [0.1, 0.15) is 28.8 Å². The molecule has 43 heavy (non-hydrogen) atoms. The maximum Gasteiger partial charge on any atom is 0.331 e. The van der Waals surface area contributed by atoms with Crippen molar-refractivity contribution in [3.8, 4) is 17.2 Å². The first kappa shape index (κ1) is 33.7. The minimum absolute atomic E-state index is 0.252. The topological polar surface area (TPSA) is 95.9 Å². The van der Waals surface area contributed by atoms with Gasteiger partial charge in [0.15, 0.2) is 0 Å². The van der Waals surface area contributed by atoms with E-state index in [9.17, 15) is 9.59 Å². The van der Waals surface area contributed by atoms with E-state index in [2.05, 4.69) is 20.8 Å². The van der Waals surface area contributed by atoms with Crippen LogP contribution in [-0.2, 0) is 25.6 Å². The number of ether oxygens (including phenoxy) is 5. The second-order valence-corrected chi connectivity index (χ2v) is 11.7. The predicted molar refractivity (Wildman–Crippen MR) is 167 cm³/mol. The molecule has 0 atom stereocenters. The van der Waals surface area contributed by atoms with Crippen molar-refractivity contribution in [1.29, 1.82) is 0 Å². The largest absolute Gasteiger partial charge is 0.497 e. The standard InChI is InChI=1S/C34H48N2O7/c1-8-9-10-11-12-20-36(23-25-13-15-26(16-14-25)41-21-19-24(2)3)31(30-32(37)42-34(4,5)43-33(30)38)35-28-18-17-27(39-6)22-29(28)40-7/h13-18,22,24,30H,8-12,19-21,23H2,1-7H3. The van der Waals surface area contributed by atoms with Gasteiger partial charge in [-0.15, -0.1) is 0 Å². The van der Waals surface area contributed by atoms with Gasteiger partial charge in [0, 0.05) is 33.0 Å². The molecular weight excluding hydrogens is 548 g/mol. The maximum absolute atomic E-state index is 13.4. The van der Waals surface area contributed by atoms with E-state index in [0.29, 0.717) is 42.8 Å². The van der Waals surface area contributed by atoms with Gasteiger partial charge < -0.3 is 28.6 Å². The number of hydrogen-bond acceptors (Lipinski definition) is 8. The number of rotatable bonds is 16. The molecule has 9 heteroatoms. The lowest BCUT2D eigenvalue weighted by atomic mass is 10.0. The summed E-state index contributed by atoms with van der Waals surface area (Å²) in [6, 6.07) is 13.1. The molecule has 0 amide bonds. The fourth-order valence-electron chi connectivity index (χ4n) is 4.75. The second-order valence-electron chi connectivity index (χ2n) is 11.7. The molecule has 0 radical (unpaired) electrons. The molecule has 1 aliphatic heterocycles. The first-order valence-corrected chi connectivity index (χ1v) is 15.3. The summed E-state index contributed by atoms with van der Waals surface area (Å²) < 4.78 is 27.9. The van der Waals surface area contributed by atoms with Crippen molar-refractivity contribution in [1.82, 2.24) is 4.90 Å². The van der Waals surface area contributed by atoms with Gasteiger partial charge in [-0.1, -0.05) is 58.6 Å². The highest BCUT2D eigenvalue weighted by Crippen LogP contribution is 2.34. The highest BCUT2D eigenvalue weighted by Gasteiger charge is 2.47. The summed E-state index contributed by atoms with van der Waals surface area (Å²) in [4.78, 5) is 33.6. The molecule has 0 spiro atoms. The van der Waals surface area contributed by atoms with E-state index < -0.39 is 23.6 Å². The van der Waals surface area contributed by atoms with Gasteiger partial charge in [-0.05, 0) is 48.6 Å². The van der Waals surface area contributed by atoms with Crippen molar-refractivity contribution in [3.05, 3.63) is 48.0 Å². The monoisotopic (exact) mass is 596 g/mol. The van der Waals surface area contributed by atoms with E-state index in [-0.39, 0.29) is 5.84 Å². The minimum Gasteiger partial charge on any atom is -0.497 e. The lowest BCUT2D eigenvalue weighted by Crippen LogP contribution is -2.52. The van der Waals surface area contributed by atoms with Crippen LogP contribution in [0.5, 0.6) is 17.2 Å². The van der Waals surface area contributed by atoms with E-state index in [4.69, 9.17) is 28.7 Å². The second kappa shape index (κ2) is 16.2. The zero-order chi connectivity index (χ0) is 31.4. The molecule has 236 valence electrons. The van der Waals surface area contributed by atoms with Crippen LogP contribution >= 0.6 is 0 Å². The quantitative estimate of drug-likeness (QED) is 0.0667. The van der Waals surface area contributed by atoms with Gasteiger partial charge in [0.25, 0.3) is 5.79 Å². The number of cyclic esters (lactones) is 2. The van der Waals surface area contributed by atoms with Crippen molar-refractivity contribution in [2.24, 2.45) is 16.8 Å². The summed E-state index contributed by atoms with van der Waals surface area (Å²) in [5.41, 5.74) is 1.44. The van der Waals surface area contributed by atoms with Crippen molar-refractivity contribution in [2.75, 3.05) is 27.4 Å².